The van der Waals surface area contributed by atoms with E-state index in [1.54, 1.807) is 7.05 Å². The zero-order valence-electron chi connectivity index (χ0n) is 16.2. The summed E-state index contributed by atoms with van der Waals surface area (Å²) in [5.41, 5.74) is 6.90. The molecule has 4 rings (SSSR count). The molecule has 5 heteroatoms. The van der Waals surface area contributed by atoms with Crippen LogP contribution in [0.4, 0.5) is 0 Å². The molecule has 1 amide bonds. The van der Waals surface area contributed by atoms with E-state index < -0.39 is 0 Å². The highest BCUT2D eigenvalue weighted by Gasteiger charge is 2.27. The van der Waals surface area contributed by atoms with Gasteiger partial charge in [0.05, 0.1) is 17.4 Å². The van der Waals surface area contributed by atoms with E-state index in [0.29, 0.717) is 12.3 Å². The Bertz CT molecular complexity index is 1000. The lowest BCUT2D eigenvalue weighted by Crippen LogP contribution is -2.17. The summed E-state index contributed by atoms with van der Waals surface area (Å²) in [6.07, 6.45) is 5.69. The Kier molecular flexibility index (Phi) is 4.68. The molecule has 0 bridgehead atoms. The number of benzene rings is 1. The Morgan fingerprint density at radius 3 is 2.78 bits per heavy atom. The van der Waals surface area contributed by atoms with Crippen molar-refractivity contribution in [3.63, 3.8) is 0 Å². The molecule has 0 aliphatic heterocycles. The van der Waals surface area contributed by atoms with Crippen molar-refractivity contribution in [2.75, 3.05) is 7.05 Å². The third-order valence-electron chi connectivity index (χ3n) is 5.52. The maximum atomic E-state index is 11.6. The number of carbonyl (C=O) groups is 1. The van der Waals surface area contributed by atoms with Gasteiger partial charge in [0, 0.05) is 36.7 Å². The molecule has 0 unspecified atom stereocenters. The number of hydrogen-bond acceptors (Lipinski definition) is 3. The normalized spacial score (nSPS) is 13.9. The molecule has 0 spiro atoms. The van der Waals surface area contributed by atoms with E-state index in [1.165, 1.54) is 29.4 Å². The lowest BCUT2D eigenvalue weighted by molar-refractivity contribution is -0.120. The second kappa shape index (κ2) is 7.14. The lowest BCUT2D eigenvalue weighted by atomic mass is 9.98. The van der Waals surface area contributed by atoms with E-state index in [1.807, 2.05) is 10.9 Å². The van der Waals surface area contributed by atoms with Crippen molar-refractivity contribution >= 4 is 16.8 Å². The summed E-state index contributed by atoms with van der Waals surface area (Å²) in [5, 5.41) is 8.41. The molecule has 0 atom stereocenters. The Labute approximate surface area is 159 Å². The van der Waals surface area contributed by atoms with Crippen molar-refractivity contribution in [3.05, 3.63) is 47.3 Å². The summed E-state index contributed by atoms with van der Waals surface area (Å²) in [7, 11) is 1.68. The lowest BCUT2D eigenvalue weighted by Gasteiger charge is -2.11. The highest BCUT2D eigenvalue weighted by molar-refractivity contribution is 5.87. The van der Waals surface area contributed by atoms with Gasteiger partial charge in [-0.2, -0.15) is 5.10 Å². The maximum absolute atomic E-state index is 11.6. The molecule has 1 saturated carbocycles. The van der Waals surface area contributed by atoms with Gasteiger partial charge in [-0.15, -0.1) is 0 Å². The van der Waals surface area contributed by atoms with Crippen molar-refractivity contribution in [1.82, 2.24) is 20.1 Å². The molecule has 1 aromatic carbocycles. The van der Waals surface area contributed by atoms with Gasteiger partial charge in [-0.25, -0.2) is 4.98 Å². The molecule has 1 fully saturated rings. The molecule has 0 radical (unpaired) electrons. The van der Waals surface area contributed by atoms with E-state index >= 15 is 0 Å². The Morgan fingerprint density at radius 1 is 1.30 bits per heavy atom. The van der Waals surface area contributed by atoms with Crippen LogP contribution >= 0.6 is 0 Å². The number of pyridine rings is 1. The van der Waals surface area contributed by atoms with Crippen molar-refractivity contribution in [1.29, 1.82) is 0 Å². The number of rotatable bonds is 6. The first kappa shape index (κ1) is 17.7. The molecule has 1 N–H and O–H groups in total. The van der Waals surface area contributed by atoms with E-state index in [2.05, 4.69) is 48.5 Å². The second-order valence-electron chi connectivity index (χ2n) is 7.36. The van der Waals surface area contributed by atoms with Crippen molar-refractivity contribution in [2.24, 2.45) is 0 Å². The first-order chi connectivity index (χ1) is 13.1. The number of nitrogens with one attached hydrogen (secondary N) is 1. The van der Waals surface area contributed by atoms with Gasteiger partial charge < -0.3 is 5.32 Å². The molecule has 27 heavy (non-hydrogen) atoms. The molecule has 3 aromatic rings. The Hall–Kier alpha value is -2.69. The van der Waals surface area contributed by atoms with Crippen LogP contribution in [0.2, 0.25) is 0 Å². The molecular weight excluding hydrogens is 336 g/mol. The monoisotopic (exact) mass is 362 g/mol. The fourth-order valence-electron chi connectivity index (χ4n) is 3.72. The van der Waals surface area contributed by atoms with Gasteiger partial charge in [-0.1, -0.05) is 6.07 Å². The van der Waals surface area contributed by atoms with Crippen LogP contribution in [0.5, 0.6) is 0 Å². The molecular formula is C22H26N4O. The van der Waals surface area contributed by atoms with Gasteiger partial charge in [0.1, 0.15) is 0 Å². The average Bonchev–Trinajstić information content (AvgIpc) is 3.47. The first-order valence-electron chi connectivity index (χ1n) is 9.77. The van der Waals surface area contributed by atoms with Crippen molar-refractivity contribution in [3.8, 4) is 11.3 Å². The number of aromatic nitrogens is 3. The van der Waals surface area contributed by atoms with Gasteiger partial charge in [0.15, 0.2) is 0 Å². The van der Waals surface area contributed by atoms with Crippen LogP contribution in [0.15, 0.2) is 30.5 Å². The third-order valence-corrected chi connectivity index (χ3v) is 5.52. The third kappa shape index (κ3) is 3.46. The van der Waals surface area contributed by atoms with Gasteiger partial charge in [0.25, 0.3) is 0 Å². The summed E-state index contributed by atoms with van der Waals surface area (Å²) in [6.45, 7) is 5.08. The number of amides is 1. The second-order valence-corrected chi connectivity index (χ2v) is 7.36. The minimum atomic E-state index is 0.0781. The Morgan fingerprint density at radius 2 is 2.11 bits per heavy atom. The molecule has 1 aliphatic rings. The van der Waals surface area contributed by atoms with Crippen LogP contribution in [0, 0.1) is 6.92 Å². The molecule has 0 saturated heterocycles. The Balaban J connectivity index is 1.76. The highest BCUT2D eigenvalue weighted by atomic mass is 16.1. The zero-order chi connectivity index (χ0) is 19.0. The van der Waals surface area contributed by atoms with Crippen LogP contribution in [0.25, 0.3) is 22.2 Å². The summed E-state index contributed by atoms with van der Waals surface area (Å²) in [6, 6.07) is 8.68. The smallest absolute Gasteiger partial charge is 0.220 e. The fourth-order valence-corrected chi connectivity index (χ4v) is 3.72. The van der Waals surface area contributed by atoms with E-state index in [-0.39, 0.29) is 5.91 Å². The number of hydrogen-bond donors (Lipinski definition) is 1. The van der Waals surface area contributed by atoms with Crippen molar-refractivity contribution < 1.29 is 4.79 Å². The molecule has 140 valence electrons. The van der Waals surface area contributed by atoms with E-state index in [4.69, 9.17) is 4.98 Å². The minimum Gasteiger partial charge on any atom is -0.359 e. The van der Waals surface area contributed by atoms with Gasteiger partial charge in [0.2, 0.25) is 5.91 Å². The predicted octanol–water partition coefficient (Wildman–Crippen LogP) is 3.98. The molecule has 2 heterocycles. The number of nitrogens with zero attached hydrogens (tertiary/aromatic N) is 3. The predicted molar refractivity (Wildman–Crippen MR) is 108 cm³/mol. The van der Waals surface area contributed by atoms with Crippen LogP contribution in [0.1, 0.15) is 48.9 Å². The minimum absolute atomic E-state index is 0.0781. The molecule has 2 aromatic heterocycles. The van der Waals surface area contributed by atoms with Gasteiger partial charge >= 0.3 is 0 Å². The first-order valence-corrected chi connectivity index (χ1v) is 9.77. The summed E-state index contributed by atoms with van der Waals surface area (Å²) >= 11 is 0. The highest BCUT2D eigenvalue weighted by Crippen LogP contribution is 2.44. The van der Waals surface area contributed by atoms with Crippen LogP contribution in [0.3, 0.4) is 0 Å². The van der Waals surface area contributed by atoms with E-state index in [9.17, 15) is 4.79 Å². The number of carbonyl (C=O) groups excluding carboxylic acids is 1. The zero-order valence-corrected chi connectivity index (χ0v) is 16.2. The van der Waals surface area contributed by atoms with Crippen molar-refractivity contribution in [2.45, 2.75) is 52.0 Å². The maximum Gasteiger partial charge on any atom is 0.220 e. The van der Waals surface area contributed by atoms with Gasteiger partial charge in [-0.05, 0) is 68.4 Å². The van der Waals surface area contributed by atoms with Crippen LogP contribution < -0.4 is 5.32 Å². The van der Waals surface area contributed by atoms with Gasteiger partial charge in [-0.3, -0.25) is 9.48 Å². The summed E-state index contributed by atoms with van der Waals surface area (Å²) < 4.78 is 2.01. The molecule has 1 aliphatic carbocycles. The molecule has 5 nitrogen and oxygen atoms in total. The number of aryl methyl sites for hydroxylation is 2. The standard InChI is InChI=1S/C22H26N4O/c1-4-26-14(2)19(13-24-26)21-12-17(16-7-8-16)18-11-15(5-9-20(18)25-21)6-10-22(27)23-3/h5,9,11-13,16H,4,6-8,10H2,1-3H3,(H,23,27). The average molecular weight is 362 g/mol. The SMILES string of the molecule is CCn1ncc(-c2cc(C3CC3)c3cc(CCC(=O)NC)ccc3n2)c1C. The fraction of sp³-hybridized carbons (Fsp3) is 0.409. The summed E-state index contributed by atoms with van der Waals surface area (Å²) in [4.78, 5) is 16.5. The summed E-state index contributed by atoms with van der Waals surface area (Å²) in [5.74, 6) is 0.708. The van der Waals surface area contributed by atoms with Crippen LogP contribution in [-0.2, 0) is 17.8 Å². The number of fused-ring (bicyclic) bond motifs is 1. The van der Waals surface area contributed by atoms with Crippen LogP contribution in [-0.4, -0.2) is 27.7 Å². The topological polar surface area (TPSA) is 59.8 Å². The largest absolute Gasteiger partial charge is 0.359 e. The van der Waals surface area contributed by atoms with E-state index in [0.717, 1.165) is 35.4 Å². The quantitative estimate of drug-likeness (QED) is 0.721.